The van der Waals surface area contributed by atoms with Crippen LogP contribution in [0.2, 0.25) is 0 Å². The first-order valence-electron chi connectivity index (χ1n) is 12.5. The largest absolute Gasteiger partial charge is 0.352 e. The number of amides is 2. The highest BCUT2D eigenvalue weighted by molar-refractivity contribution is 7.99. The number of benzene rings is 4. The fraction of sp³-hybridized carbons (Fsp3) is 0.0968. The van der Waals surface area contributed by atoms with Gasteiger partial charge >= 0.3 is 0 Å². The molecular weight excluding hydrogens is 506 g/mol. The van der Waals surface area contributed by atoms with Crippen LogP contribution >= 0.6 is 11.8 Å². The highest BCUT2D eigenvalue weighted by Gasteiger charge is 2.20. The second kappa shape index (κ2) is 12.2. The lowest BCUT2D eigenvalue weighted by Gasteiger charge is -2.10. The van der Waals surface area contributed by atoms with Crippen molar-refractivity contribution in [2.24, 2.45) is 0 Å². The Balaban J connectivity index is 0.000000384. The van der Waals surface area contributed by atoms with Crippen LogP contribution in [-0.2, 0) is 6.42 Å². The molecule has 0 saturated carbocycles. The standard InChI is InChI=1S/C24H19N5O2S.C7H8/c30-23(25-12-11-15-5-7-16(8-6-15)20-14-26-29-28-20)17-9-10-22-19(13-17)27-24(31)18-3-1-2-4-21(18)32-22;1-7-5-3-2-4-6-7/h1-10,13-14H,11-12H2,(H,25,30)(H,27,31)(H,26,28,29);2-6H,1H3. The Labute approximate surface area is 231 Å². The molecule has 1 aliphatic rings. The number of H-pyrrole nitrogens is 1. The average Bonchev–Trinajstić information content (AvgIpc) is 3.46. The molecule has 3 N–H and O–H groups in total. The molecule has 7 nitrogen and oxygen atoms in total. The summed E-state index contributed by atoms with van der Waals surface area (Å²) in [5.74, 6) is -0.341. The second-order valence-corrected chi connectivity index (χ2v) is 10.1. The van der Waals surface area contributed by atoms with E-state index < -0.39 is 0 Å². The number of carbonyl (C=O) groups excluding carboxylic acids is 2. The van der Waals surface area contributed by atoms with Gasteiger partial charge in [-0.15, -0.1) is 0 Å². The van der Waals surface area contributed by atoms with E-state index in [1.165, 1.54) is 17.3 Å². The third-order valence-electron chi connectivity index (χ3n) is 6.15. The van der Waals surface area contributed by atoms with Crippen LogP contribution in [0.5, 0.6) is 0 Å². The minimum absolute atomic E-state index is 0.168. The molecule has 194 valence electrons. The number of rotatable bonds is 5. The molecule has 0 radical (unpaired) electrons. The molecule has 2 amide bonds. The molecule has 0 saturated heterocycles. The van der Waals surface area contributed by atoms with Crippen molar-refractivity contribution in [2.75, 3.05) is 11.9 Å². The predicted octanol–water partition coefficient (Wildman–Crippen LogP) is 6.16. The van der Waals surface area contributed by atoms with Crippen LogP contribution < -0.4 is 10.6 Å². The molecule has 8 heteroatoms. The molecule has 1 aliphatic heterocycles. The smallest absolute Gasteiger partial charge is 0.256 e. The van der Waals surface area contributed by atoms with Crippen LogP contribution in [0.25, 0.3) is 11.3 Å². The molecule has 0 aliphatic carbocycles. The van der Waals surface area contributed by atoms with Crippen molar-refractivity contribution in [1.82, 2.24) is 20.7 Å². The SMILES string of the molecule is Cc1ccccc1.O=C(NCCc1ccc(-c2cn[nH]n2)cc1)c1ccc2c(c1)NC(=O)c1ccccc1S2. The van der Waals surface area contributed by atoms with E-state index in [1.54, 1.807) is 24.4 Å². The summed E-state index contributed by atoms with van der Waals surface area (Å²) in [7, 11) is 0. The lowest BCUT2D eigenvalue weighted by molar-refractivity contribution is 0.0952. The van der Waals surface area contributed by atoms with E-state index in [9.17, 15) is 9.59 Å². The lowest BCUT2D eigenvalue weighted by Crippen LogP contribution is -2.25. The monoisotopic (exact) mass is 533 g/mol. The minimum atomic E-state index is -0.173. The van der Waals surface area contributed by atoms with Gasteiger partial charge in [0.1, 0.15) is 5.69 Å². The molecule has 0 atom stereocenters. The van der Waals surface area contributed by atoms with Gasteiger partial charge in [-0.3, -0.25) is 9.59 Å². The summed E-state index contributed by atoms with van der Waals surface area (Å²) in [6.07, 6.45) is 2.38. The number of aryl methyl sites for hydroxylation is 1. The number of aromatic nitrogens is 3. The zero-order valence-electron chi connectivity index (χ0n) is 21.3. The minimum Gasteiger partial charge on any atom is -0.352 e. The first-order chi connectivity index (χ1) is 19.1. The summed E-state index contributed by atoms with van der Waals surface area (Å²) in [6.45, 7) is 2.59. The van der Waals surface area contributed by atoms with Gasteiger partial charge in [-0.25, -0.2) is 0 Å². The lowest BCUT2D eigenvalue weighted by atomic mass is 10.1. The summed E-state index contributed by atoms with van der Waals surface area (Å²) in [5.41, 5.74) is 6.00. The van der Waals surface area contributed by atoms with Crippen molar-refractivity contribution >= 4 is 29.3 Å². The molecule has 0 unspecified atom stereocenters. The Morgan fingerprint density at radius 2 is 1.67 bits per heavy atom. The second-order valence-electron chi connectivity index (χ2n) is 8.98. The maximum atomic E-state index is 12.7. The first-order valence-corrected chi connectivity index (χ1v) is 13.4. The quantitative estimate of drug-likeness (QED) is 0.251. The van der Waals surface area contributed by atoms with Crippen molar-refractivity contribution in [3.05, 3.63) is 126 Å². The third kappa shape index (κ3) is 6.61. The van der Waals surface area contributed by atoms with Crippen molar-refractivity contribution in [2.45, 2.75) is 23.1 Å². The van der Waals surface area contributed by atoms with Gasteiger partial charge in [-0.05, 0) is 49.2 Å². The first kappa shape index (κ1) is 25.9. The number of nitrogens with one attached hydrogen (secondary N) is 3. The maximum absolute atomic E-state index is 12.7. The molecule has 5 aromatic rings. The van der Waals surface area contributed by atoms with E-state index in [0.29, 0.717) is 29.8 Å². The van der Waals surface area contributed by atoms with Gasteiger partial charge in [0, 0.05) is 27.5 Å². The molecule has 0 spiro atoms. The molecule has 6 rings (SSSR count). The van der Waals surface area contributed by atoms with E-state index in [1.807, 2.05) is 66.7 Å². The Morgan fingerprint density at radius 1 is 0.897 bits per heavy atom. The molecule has 0 bridgehead atoms. The third-order valence-corrected chi connectivity index (χ3v) is 7.30. The molecule has 4 aromatic carbocycles. The molecular formula is C31H27N5O2S. The molecule has 39 heavy (non-hydrogen) atoms. The van der Waals surface area contributed by atoms with Gasteiger partial charge < -0.3 is 10.6 Å². The van der Waals surface area contributed by atoms with Crippen molar-refractivity contribution in [1.29, 1.82) is 0 Å². The Hall–Kier alpha value is -4.69. The number of anilines is 1. The van der Waals surface area contributed by atoms with Crippen molar-refractivity contribution in [3.8, 4) is 11.3 Å². The highest BCUT2D eigenvalue weighted by Crippen LogP contribution is 2.39. The van der Waals surface area contributed by atoms with E-state index in [2.05, 4.69) is 45.1 Å². The number of hydrogen-bond donors (Lipinski definition) is 3. The van der Waals surface area contributed by atoms with E-state index in [0.717, 1.165) is 26.6 Å². The molecule has 2 heterocycles. The van der Waals surface area contributed by atoms with Gasteiger partial charge in [0.25, 0.3) is 11.8 Å². The van der Waals surface area contributed by atoms with Crippen LogP contribution in [0.1, 0.15) is 31.8 Å². The number of fused-ring (bicyclic) bond motifs is 2. The number of aromatic amines is 1. The zero-order valence-corrected chi connectivity index (χ0v) is 22.2. The maximum Gasteiger partial charge on any atom is 0.256 e. The van der Waals surface area contributed by atoms with Gasteiger partial charge in [0.05, 0.1) is 17.4 Å². The Bertz CT molecular complexity index is 1570. The topological polar surface area (TPSA) is 99.8 Å². The molecule has 0 fully saturated rings. The number of carbonyl (C=O) groups is 2. The van der Waals surface area contributed by atoms with E-state index >= 15 is 0 Å². The van der Waals surface area contributed by atoms with Crippen molar-refractivity contribution in [3.63, 3.8) is 0 Å². The highest BCUT2D eigenvalue weighted by atomic mass is 32.2. The average molecular weight is 534 g/mol. The normalized spacial score (nSPS) is 11.7. The van der Waals surface area contributed by atoms with Crippen LogP contribution in [0, 0.1) is 6.92 Å². The van der Waals surface area contributed by atoms with Gasteiger partial charge in [0.15, 0.2) is 0 Å². The van der Waals surface area contributed by atoms with Crippen LogP contribution in [-0.4, -0.2) is 33.8 Å². The fourth-order valence-electron chi connectivity index (χ4n) is 4.05. The van der Waals surface area contributed by atoms with E-state index in [-0.39, 0.29) is 11.8 Å². The summed E-state index contributed by atoms with van der Waals surface area (Å²) >= 11 is 1.52. The Morgan fingerprint density at radius 3 is 2.38 bits per heavy atom. The predicted molar refractivity (Wildman–Crippen MR) is 154 cm³/mol. The van der Waals surface area contributed by atoms with Crippen LogP contribution in [0.15, 0.2) is 113 Å². The summed E-state index contributed by atoms with van der Waals surface area (Å²) in [4.78, 5) is 27.0. The van der Waals surface area contributed by atoms with E-state index in [4.69, 9.17) is 0 Å². The van der Waals surface area contributed by atoms with Crippen molar-refractivity contribution < 1.29 is 9.59 Å². The summed E-state index contributed by atoms with van der Waals surface area (Å²) in [6, 6.07) is 31.1. The fourth-order valence-corrected chi connectivity index (χ4v) is 5.06. The van der Waals surface area contributed by atoms with Crippen LogP contribution in [0.4, 0.5) is 5.69 Å². The summed E-state index contributed by atoms with van der Waals surface area (Å²) < 4.78 is 0. The zero-order chi connectivity index (χ0) is 27.0. The Kier molecular flexibility index (Phi) is 8.14. The summed E-state index contributed by atoms with van der Waals surface area (Å²) in [5, 5.41) is 16.4. The van der Waals surface area contributed by atoms with Gasteiger partial charge in [-0.1, -0.05) is 84.1 Å². The van der Waals surface area contributed by atoms with Crippen LogP contribution in [0.3, 0.4) is 0 Å². The number of hydrogen-bond acceptors (Lipinski definition) is 5. The van der Waals surface area contributed by atoms with Gasteiger partial charge in [0.2, 0.25) is 0 Å². The molecule has 1 aromatic heterocycles. The van der Waals surface area contributed by atoms with Gasteiger partial charge in [-0.2, -0.15) is 15.4 Å². The number of nitrogens with zero attached hydrogens (tertiary/aromatic N) is 2.